The number of aryl methyl sites for hydroxylation is 1. The zero-order valence-corrected chi connectivity index (χ0v) is 12.5. The van der Waals surface area contributed by atoms with Crippen molar-refractivity contribution in [2.24, 2.45) is 0 Å². The number of halogens is 3. The number of carbonyl (C=O) groups excluding carboxylic acids is 1. The fourth-order valence-electron chi connectivity index (χ4n) is 1.45. The van der Waals surface area contributed by atoms with Crippen LogP contribution in [-0.4, -0.2) is 37.6 Å². The van der Waals surface area contributed by atoms with Crippen LogP contribution in [0, 0.1) is 6.92 Å². The van der Waals surface area contributed by atoms with Crippen molar-refractivity contribution in [3.8, 4) is 0 Å². The van der Waals surface area contributed by atoms with Gasteiger partial charge < -0.3 is 10.1 Å². The molecule has 0 aliphatic carbocycles. The second kappa shape index (κ2) is 8.94. The van der Waals surface area contributed by atoms with Crippen LogP contribution in [0.2, 0.25) is 0 Å². The van der Waals surface area contributed by atoms with Crippen molar-refractivity contribution in [2.75, 3.05) is 25.5 Å². The van der Waals surface area contributed by atoms with Gasteiger partial charge in [0.05, 0.1) is 12.4 Å². The van der Waals surface area contributed by atoms with Gasteiger partial charge in [-0.25, -0.2) is 0 Å². The van der Waals surface area contributed by atoms with Crippen LogP contribution in [0.5, 0.6) is 0 Å². The number of amides is 1. The minimum absolute atomic E-state index is 0.0833. The van der Waals surface area contributed by atoms with Crippen molar-refractivity contribution in [3.63, 3.8) is 0 Å². The van der Waals surface area contributed by atoms with Gasteiger partial charge >= 0.3 is 6.18 Å². The minimum Gasteiger partial charge on any atom is -0.370 e. The number of alkyl halides is 3. The Morgan fingerprint density at radius 1 is 1.29 bits per heavy atom. The molecule has 0 radical (unpaired) electrons. The van der Waals surface area contributed by atoms with E-state index in [-0.39, 0.29) is 24.8 Å². The van der Waals surface area contributed by atoms with E-state index in [2.05, 4.69) is 10.1 Å². The van der Waals surface area contributed by atoms with Crippen LogP contribution < -0.4 is 5.32 Å². The van der Waals surface area contributed by atoms with Gasteiger partial charge in [0.25, 0.3) is 0 Å². The van der Waals surface area contributed by atoms with Crippen LogP contribution in [0.25, 0.3) is 0 Å². The van der Waals surface area contributed by atoms with E-state index in [1.165, 1.54) is 17.3 Å². The van der Waals surface area contributed by atoms with Gasteiger partial charge in [-0.05, 0) is 12.5 Å². The first-order valence-corrected chi connectivity index (χ1v) is 7.57. The van der Waals surface area contributed by atoms with Crippen molar-refractivity contribution < 1.29 is 22.7 Å². The molecule has 21 heavy (non-hydrogen) atoms. The molecule has 0 saturated carbocycles. The Balaban J connectivity index is 2.05. The van der Waals surface area contributed by atoms with E-state index >= 15 is 0 Å². The van der Waals surface area contributed by atoms with Crippen LogP contribution in [0.15, 0.2) is 24.3 Å². The highest BCUT2D eigenvalue weighted by atomic mass is 32.2. The normalized spacial score (nSPS) is 11.4. The number of nitrogens with one attached hydrogen (secondary N) is 1. The quantitative estimate of drug-likeness (QED) is 0.748. The lowest BCUT2D eigenvalue weighted by molar-refractivity contribution is -0.173. The minimum atomic E-state index is -4.33. The molecule has 0 aliphatic rings. The maximum absolute atomic E-state index is 11.8. The Morgan fingerprint density at radius 3 is 2.57 bits per heavy atom. The monoisotopic (exact) mass is 321 g/mol. The summed E-state index contributed by atoms with van der Waals surface area (Å²) in [4.78, 5) is 11.4. The molecule has 7 heteroatoms. The Hall–Kier alpha value is -1.21. The Kier molecular flexibility index (Phi) is 7.60. The van der Waals surface area contributed by atoms with E-state index < -0.39 is 12.8 Å². The van der Waals surface area contributed by atoms with Gasteiger partial charge in [-0.1, -0.05) is 29.8 Å². The standard InChI is InChI=1S/C14H18F3NO2S/c1-11-2-4-12(5-3-11)8-21-9-13(19)18-6-7-20-10-14(15,16)17/h2-5H,6-10H2,1H3,(H,18,19). The van der Waals surface area contributed by atoms with E-state index in [4.69, 9.17) is 0 Å². The molecule has 1 aromatic carbocycles. The fourth-order valence-corrected chi connectivity index (χ4v) is 2.27. The molecule has 1 amide bonds. The SMILES string of the molecule is Cc1ccc(CSCC(=O)NCCOCC(F)(F)F)cc1. The number of carbonyl (C=O) groups is 1. The first-order chi connectivity index (χ1) is 9.87. The molecule has 0 heterocycles. The fraction of sp³-hybridized carbons (Fsp3) is 0.500. The number of thioether (sulfide) groups is 1. The Morgan fingerprint density at radius 2 is 1.95 bits per heavy atom. The Labute approximate surface area is 126 Å². The summed E-state index contributed by atoms with van der Waals surface area (Å²) in [7, 11) is 0. The predicted octanol–water partition coefficient (Wildman–Crippen LogP) is 2.92. The van der Waals surface area contributed by atoms with Gasteiger partial charge in [-0.15, -0.1) is 11.8 Å². The molecule has 0 aromatic heterocycles. The first kappa shape index (κ1) is 17.8. The maximum atomic E-state index is 11.8. The third-order valence-electron chi connectivity index (χ3n) is 2.46. The number of benzene rings is 1. The molecule has 118 valence electrons. The molecule has 0 fully saturated rings. The average Bonchev–Trinajstić information content (AvgIpc) is 2.39. The molecule has 1 rings (SSSR count). The third-order valence-corrected chi connectivity index (χ3v) is 3.46. The number of rotatable bonds is 8. The first-order valence-electron chi connectivity index (χ1n) is 6.41. The van der Waals surface area contributed by atoms with E-state index in [9.17, 15) is 18.0 Å². The second-order valence-electron chi connectivity index (χ2n) is 4.50. The molecule has 0 atom stereocenters. The highest BCUT2D eigenvalue weighted by Crippen LogP contribution is 2.14. The molecule has 0 saturated heterocycles. The van der Waals surface area contributed by atoms with Crippen molar-refractivity contribution in [2.45, 2.75) is 18.9 Å². The van der Waals surface area contributed by atoms with Gasteiger partial charge in [0.15, 0.2) is 0 Å². The van der Waals surface area contributed by atoms with Crippen LogP contribution in [-0.2, 0) is 15.3 Å². The number of hydrogen-bond acceptors (Lipinski definition) is 3. The topological polar surface area (TPSA) is 38.3 Å². The summed E-state index contributed by atoms with van der Waals surface area (Å²) in [6.07, 6.45) is -4.33. The van der Waals surface area contributed by atoms with Gasteiger partial charge in [0.2, 0.25) is 5.91 Å². The number of hydrogen-bond donors (Lipinski definition) is 1. The molecular weight excluding hydrogens is 303 g/mol. The zero-order chi connectivity index (χ0) is 15.7. The second-order valence-corrected chi connectivity index (χ2v) is 5.48. The molecule has 0 aliphatic heterocycles. The van der Waals surface area contributed by atoms with Gasteiger partial charge in [-0.2, -0.15) is 13.2 Å². The van der Waals surface area contributed by atoms with E-state index in [0.29, 0.717) is 0 Å². The van der Waals surface area contributed by atoms with E-state index in [0.717, 1.165) is 11.3 Å². The smallest absolute Gasteiger partial charge is 0.370 e. The van der Waals surface area contributed by atoms with Crippen LogP contribution in [0.1, 0.15) is 11.1 Å². The lowest BCUT2D eigenvalue weighted by atomic mass is 10.2. The zero-order valence-electron chi connectivity index (χ0n) is 11.7. The Bertz CT molecular complexity index is 435. The molecule has 0 spiro atoms. The van der Waals surface area contributed by atoms with Crippen molar-refractivity contribution in [1.82, 2.24) is 5.32 Å². The van der Waals surface area contributed by atoms with Crippen molar-refractivity contribution in [3.05, 3.63) is 35.4 Å². The molecule has 1 aromatic rings. The molecule has 0 unspecified atom stereocenters. The summed E-state index contributed by atoms with van der Waals surface area (Å²) in [5, 5.41) is 2.51. The van der Waals surface area contributed by atoms with Gasteiger partial charge in [0, 0.05) is 12.3 Å². The molecule has 0 bridgehead atoms. The predicted molar refractivity (Wildman–Crippen MR) is 77.2 cm³/mol. The lowest BCUT2D eigenvalue weighted by Gasteiger charge is -2.08. The average molecular weight is 321 g/mol. The summed E-state index contributed by atoms with van der Waals surface area (Å²) in [6, 6.07) is 8.03. The molecular formula is C14H18F3NO2S. The van der Waals surface area contributed by atoms with Crippen LogP contribution in [0.4, 0.5) is 13.2 Å². The lowest BCUT2D eigenvalue weighted by Crippen LogP contribution is -2.30. The molecule has 3 nitrogen and oxygen atoms in total. The van der Waals surface area contributed by atoms with E-state index in [1.54, 1.807) is 0 Å². The summed E-state index contributed by atoms with van der Waals surface area (Å²) in [5.41, 5.74) is 2.31. The van der Waals surface area contributed by atoms with Crippen LogP contribution in [0.3, 0.4) is 0 Å². The van der Waals surface area contributed by atoms with Gasteiger partial charge in [0.1, 0.15) is 6.61 Å². The summed E-state index contributed by atoms with van der Waals surface area (Å²) >= 11 is 1.46. The summed E-state index contributed by atoms with van der Waals surface area (Å²) in [6.45, 7) is 0.657. The van der Waals surface area contributed by atoms with E-state index in [1.807, 2.05) is 31.2 Å². The van der Waals surface area contributed by atoms with Crippen molar-refractivity contribution in [1.29, 1.82) is 0 Å². The highest BCUT2D eigenvalue weighted by Gasteiger charge is 2.27. The largest absolute Gasteiger partial charge is 0.411 e. The summed E-state index contributed by atoms with van der Waals surface area (Å²) in [5.74, 6) is 0.786. The maximum Gasteiger partial charge on any atom is 0.411 e. The molecule has 1 N–H and O–H groups in total. The summed E-state index contributed by atoms with van der Waals surface area (Å²) < 4.78 is 39.7. The number of ether oxygens (including phenoxy) is 1. The van der Waals surface area contributed by atoms with Crippen molar-refractivity contribution >= 4 is 17.7 Å². The van der Waals surface area contributed by atoms with Crippen LogP contribution >= 0.6 is 11.8 Å². The third kappa shape index (κ3) is 9.36. The highest BCUT2D eigenvalue weighted by molar-refractivity contribution is 7.99. The van der Waals surface area contributed by atoms with Gasteiger partial charge in [-0.3, -0.25) is 4.79 Å².